The van der Waals surface area contributed by atoms with Gasteiger partial charge in [-0.15, -0.1) is 0 Å². The molecule has 0 aromatic heterocycles. The SMILES string of the molecule is CC(C)NCCS(=O)(=O)Nc1ccc2c(c1)OCO2. The maximum absolute atomic E-state index is 11.9. The van der Waals surface area contributed by atoms with Gasteiger partial charge in [0.15, 0.2) is 11.5 Å². The summed E-state index contributed by atoms with van der Waals surface area (Å²) in [6, 6.07) is 5.23. The first-order valence-electron chi connectivity index (χ1n) is 6.10. The highest BCUT2D eigenvalue weighted by molar-refractivity contribution is 7.92. The summed E-state index contributed by atoms with van der Waals surface area (Å²) in [4.78, 5) is 0. The van der Waals surface area contributed by atoms with Crippen LogP contribution in [0.15, 0.2) is 18.2 Å². The summed E-state index contributed by atoms with van der Waals surface area (Å²) in [5.74, 6) is 1.21. The average molecular weight is 286 g/mol. The van der Waals surface area contributed by atoms with Gasteiger partial charge < -0.3 is 14.8 Å². The third-order valence-electron chi connectivity index (χ3n) is 2.57. The molecule has 0 bridgehead atoms. The molecule has 0 aliphatic carbocycles. The molecular weight excluding hydrogens is 268 g/mol. The Bertz CT molecular complexity index is 543. The molecule has 7 heteroatoms. The molecule has 0 saturated heterocycles. The average Bonchev–Trinajstić information content (AvgIpc) is 2.74. The van der Waals surface area contributed by atoms with E-state index in [9.17, 15) is 8.42 Å². The third-order valence-corrected chi connectivity index (χ3v) is 3.86. The smallest absolute Gasteiger partial charge is 0.233 e. The van der Waals surface area contributed by atoms with Crippen molar-refractivity contribution >= 4 is 15.7 Å². The van der Waals surface area contributed by atoms with E-state index < -0.39 is 10.0 Å². The quantitative estimate of drug-likeness (QED) is 0.820. The van der Waals surface area contributed by atoms with E-state index in [2.05, 4.69) is 10.0 Å². The van der Waals surface area contributed by atoms with Crippen molar-refractivity contribution in [3.8, 4) is 11.5 Å². The molecule has 6 nitrogen and oxygen atoms in total. The summed E-state index contributed by atoms with van der Waals surface area (Å²) < 4.78 is 36.6. The highest BCUT2D eigenvalue weighted by atomic mass is 32.2. The normalized spacial score (nSPS) is 13.8. The molecule has 1 aromatic rings. The monoisotopic (exact) mass is 286 g/mol. The van der Waals surface area contributed by atoms with Crippen molar-refractivity contribution in [1.82, 2.24) is 5.32 Å². The maximum Gasteiger partial charge on any atom is 0.233 e. The Kier molecular flexibility index (Phi) is 4.16. The highest BCUT2D eigenvalue weighted by Gasteiger charge is 2.16. The molecule has 0 amide bonds. The Morgan fingerprint density at radius 1 is 1.26 bits per heavy atom. The van der Waals surface area contributed by atoms with Gasteiger partial charge in [-0.25, -0.2) is 8.42 Å². The van der Waals surface area contributed by atoms with Gasteiger partial charge in [0.25, 0.3) is 0 Å². The summed E-state index contributed by atoms with van der Waals surface area (Å²) in [5.41, 5.74) is 0.480. The van der Waals surface area contributed by atoms with Gasteiger partial charge >= 0.3 is 0 Å². The van der Waals surface area contributed by atoms with Crippen LogP contribution in [-0.2, 0) is 10.0 Å². The first kappa shape index (κ1) is 14.0. The van der Waals surface area contributed by atoms with Crippen LogP contribution < -0.4 is 19.5 Å². The molecule has 2 N–H and O–H groups in total. The van der Waals surface area contributed by atoms with Gasteiger partial charge in [-0.3, -0.25) is 4.72 Å². The Morgan fingerprint density at radius 3 is 2.74 bits per heavy atom. The minimum Gasteiger partial charge on any atom is -0.454 e. The van der Waals surface area contributed by atoms with Crippen molar-refractivity contribution < 1.29 is 17.9 Å². The predicted molar refractivity (Wildman–Crippen MR) is 73.1 cm³/mol. The van der Waals surface area contributed by atoms with E-state index in [1.165, 1.54) is 0 Å². The molecule has 0 unspecified atom stereocenters. The fraction of sp³-hybridized carbons (Fsp3) is 0.500. The second kappa shape index (κ2) is 5.66. The molecule has 1 aliphatic heterocycles. The number of nitrogens with one attached hydrogen (secondary N) is 2. The zero-order chi connectivity index (χ0) is 13.9. The number of hydrogen-bond acceptors (Lipinski definition) is 5. The van der Waals surface area contributed by atoms with Crippen molar-refractivity contribution in [2.24, 2.45) is 0 Å². The topological polar surface area (TPSA) is 76.7 Å². The molecule has 0 fully saturated rings. The number of ether oxygens (including phenoxy) is 2. The van der Waals surface area contributed by atoms with Crippen LogP contribution in [-0.4, -0.2) is 33.6 Å². The van der Waals surface area contributed by atoms with E-state index in [0.29, 0.717) is 23.7 Å². The number of sulfonamides is 1. The molecule has 1 aromatic carbocycles. The molecular formula is C12H18N2O4S. The van der Waals surface area contributed by atoms with Gasteiger partial charge in [0.1, 0.15) is 0 Å². The Hall–Kier alpha value is -1.47. The third kappa shape index (κ3) is 4.00. The lowest BCUT2D eigenvalue weighted by atomic mass is 10.3. The second-order valence-electron chi connectivity index (χ2n) is 4.60. The van der Waals surface area contributed by atoms with E-state index in [1.807, 2.05) is 13.8 Å². The van der Waals surface area contributed by atoms with Crippen LogP contribution in [0.2, 0.25) is 0 Å². The fourth-order valence-electron chi connectivity index (χ4n) is 1.67. The van der Waals surface area contributed by atoms with E-state index in [0.717, 1.165) is 0 Å². The zero-order valence-corrected chi connectivity index (χ0v) is 11.8. The van der Waals surface area contributed by atoms with Crippen LogP contribution in [0.25, 0.3) is 0 Å². The molecule has 1 heterocycles. The van der Waals surface area contributed by atoms with Gasteiger partial charge in [-0.2, -0.15) is 0 Å². The summed E-state index contributed by atoms with van der Waals surface area (Å²) in [6.45, 7) is 4.52. The highest BCUT2D eigenvalue weighted by Crippen LogP contribution is 2.34. The number of benzene rings is 1. The Morgan fingerprint density at radius 2 is 2.00 bits per heavy atom. The first-order valence-corrected chi connectivity index (χ1v) is 7.75. The van der Waals surface area contributed by atoms with Gasteiger partial charge in [0, 0.05) is 18.7 Å². The van der Waals surface area contributed by atoms with E-state index in [4.69, 9.17) is 9.47 Å². The van der Waals surface area contributed by atoms with Crippen molar-refractivity contribution in [3.63, 3.8) is 0 Å². The van der Waals surface area contributed by atoms with Crippen LogP contribution in [0, 0.1) is 0 Å². The number of anilines is 1. The maximum atomic E-state index is 11.9. The first-order chi connectivity index (χ1) is 8.96. The zero-order valence-electron chi connectivity index (χ0n) is 11.0. The van der Waals surface area contributed by atoms with Crippen LogP contribution in [0.5, 0.6) is 11.5 Å². The Balaban J connectivity index is 1.96. The number of rotatable bonds is 6. The van der Waals surface area contributed by atoms with Crippen LogP contribution in [0.4, 0.5) is 5.69 Å². The fourth-order valence-corrected chi connectivity index (χ4v) is 2.65. The van der Waals surface area contributed by atoms with E-state index >= 15 is 0 Å². The molecule has 0 radical (unpaired) electrons. The van der Waals surface area contributed by atoms with Gasteiger partial charge in [0.05, 0.1) is 11.4 Å². The minimum absolute atomic E-state index is 0.0274. The van der Waals surface area contributed by atoms with Crippen molar-refractivity contribution in [2.75, 3.05) is 23.8 Å². The van der Waals surface area contributed by atoms with Gasteiger partial charge in [-0.05, 0) is 12.1 Å². The number of hydrogen-bond donors (Lipinski definition) is 2. The lowest BCUT2D eigenvalue weighted by Gasteiger charge is -2.10. The molecule has 0 saturated carbocycles. The summed E-state index contributed by atoms with van der Waals surface area (Å²) >= 11 is 0. The molecule has 106 valence electrons. The Labute approximate surface area is 113 Å². The van der Waals surface area contributed by atoms with E-state index in [-0.39, 0.29) is 18.6 Å². The van der Waals surface area contributed by atoms with Crippen molar-refractivity contribution in [3.05, 3.63) is 18.2 Å². The molecule has 0 spiro atoms. The lowest BCUT2D eigenvalue weighted by molar-refractivity contribution is 0.174. The van der Waals surface area contributed by atoms with E-state index in [1.54, 1.807) is 18.2 Å². The number of fused-ring (bicyclic) bond motifs is 1. The largest absolute Gasteiger partial charge is 0.454 e. The molecule has 2 rings (SSSR count). The molecule has 19 heavy (non-hydrogen) atoms. The molecule has 1 aliphatic rings. The standard InChI is InChI=1S/C12H18N2O4S/c1-9(2)13-5-6-19(15,16)14-10-3-4-11-12(7-10)18-8-17-11/h3-4,7,9,13-14H,5-6,8H2,1-2H3. The molecule has 0 atom stereocenters. The van der Waals surface area contributed by atoms with Crippen molar-refractivity contribution in [1.29, 1.82) is 0 Å². The predicted octanol–water partition coefficient (Wildman–Crippen LogP) is 1.15. The summed E-state index contributed by atoms with van der Waals surface area (Å²) in [5, 5.41) is 3.07. The van der Waals surface area contributed by atoms with Crippen LogP contribution in [0.3, 0.4) is 0 Å². The second-order valence-corrected chi connectivity index (χ2v) is 6.44. The van der Waals surface area contributed by atoms with Crippen molar-refractivity contribution in [2.45, 2.75) is 19.9 Å². The van der Waals surface area contributed by atoms with Gasteiger partial charge in [0.2, 0.25) is 16.8 Å². The summed E-state index contributed by atoms with van der Waals surface area (Å²) in [6.07, 6.45) is 0. The van der Waals surface area contributed by atoms with Crippen LogP contribution >= 0.6 is 0 Å². The minimum atomic E-state index is -3.36. The lowest BCUT2D eigenvalue weighted by Crippen LogP contribution is -2.30. The van der Waals surface area contributed by atoms with Gasteiger partial charge in [-0.1, -0.05) is 13.8 Å². The summed E-state index contributed by atoms with van der Waals surface area (Å²) in [7, 11) is -3.36. The van der Waals surface area contributed by atoms with Crippen LogP contribution in [0.1, 0.15) is 13.8 Å².